The van der Waals surface area contributed by atoms with Gasteiger partial charge in [0.15, 0.2) is 5.16 Å². The highest BCUT2D eigenvalue weighted by Crippen LogP contribution is 2.23. The topological polar surface area (TPSA) is 165 Å². The van der Waals surface area contributed by atoms with Gasteiger partial charge in [0, 0.05) is 55.5 Å². The number of nitrogens with zero attached hydrogens (tertiary/aromatic N) is 5. The molecule has 13 nitrogen and oxygen atoms in total. The Bertz CT molecular complexity index is 1460. The second kappa shape index (κ2) is 16.9. The summed E-state index contributed by atoms with van der Waals surface area (Å²) >= 11 is 7.43. The Balaban J connectivity index is 1.65. The number of hydrogen-bond acceptors (Lipinski definition) is 12. The Morgan fingerprint density at radius 2 is 1.67 bits per heavy atom. The van der Waals surface area contributed by atoms with Gasteiger partial charge in [-0.1, -0.05) is 53.7 Å². The number of nitro groups is 1. The monoisotopic (exact) mass is 658 g/mol. The lowest BCUT2D eigenvalue weighted by Gasteiger charge is -2.22. The van der Waals surface area contributed by atoms with Crippen molar-refractivity contribution in [1.29, 1.82) is 0 Å². The van der Waals surface area contributed by atoms with E-state index in [-0.39, 0.29) is 30.7 Å². The average molecular weight is 659 g/mol. The molecular formula is C30H39ClN8O5S. The number of nitro benzene ring substituents is 1. The first kappa shape index (κ1) is 35.5. The van der Waals surface area contributed by atoms with Gasteiger partial charge in [0.25, 0.3) is 5.69 Å². The minimum atomic E-state index is -0.569. The fourth-order valence-electron chi connectivity index (χ4n) is 3.92. The second-order valence-corrected chi connectivity index (χ2v) is 12.4. The van der Waals surface area contributed by atoms with Crippen molar-refractivity contribution >= 4 is 52.8 Å². The van der Waals surface area contributed by atoms with Gasteiger partial charge < -0.3 is 25.6 Å². The molecule has 3 aromatic rings. The zero-order valence-electron chi connectivity index (χ0n) is 26.0. The van der Waals surface area contributed by atoms with E-state index in [1.165, 1.54) is 29.7 Å². The van der Waals surface area contributed by atoms with Crippen LogP contribution in [0.2, 0.25) is 5.02 Å². The molecule has 1 aromatic heterocycles. The second-order valence-electron chi connectivity index (χ2n) is 11.1. The van der Waals surface area contributed by atoms with Crippen LogP contribution in [-0.2, 0) is 26.6 Å². The highest BCUT2D eigenvalue weighted by molar-refractivity contribution is 7.98. The molecule has 0 saturated heterocycles. The molecule has 2 aromatic carbocycles. The van der Waals surface area contributed by atoms with Crippen molar-refractivity contribution in [1.82, 2.24) is 25.2 Å². The fraction of sp³-hybridized carbons (Fsp3) is 0.433. The number of nitrogens with one attached hydrogen (secondary N) is 3. The highest BCUT2D eigenvalue weighted by atomic mass is 35.5. The molecule has 0 spiro atoms. The van der Waals surface area contributed by atoms with Gasteiger partial charge in [0.2, 0.25) is 17.8 Å². The Kier molecular flexibility index (Phi) is 13.3. The Morgan fingerprint density at radius 1 is 1.02 bits per heavy atom. The Morgan fingerprint density at radius 3 is 2.29 bits per heavy atom. The third-order valence-electron chi connectivity index (χ3n) is 6.17. The zero-order chi connectivity index (χ0) is 33.0. The summed E-state index contributed by atoms with van der Waals surface area (Å²) in [5.74, 6) is 0.677. The molecule has 3 N–H and O–H groups in total. The lowest BCUT2D eigenvalue weighted by molar-refractivity contribution is -0.385. The molecule has 1 amide bonds. The molecule has 0 radical (unpaired) electrons. The number of carbonyl (C=O) groups is 2. The van der Waals surface area contributed by atoms with Gasteiger partial charge in [-0.05, 0) is 45.4 Å². The lowest BCUT2D eigenvalue weighted by Crippen LogP contribution is -2.41. The van der Waals surface area contributed by atoms with Crippen LogP contribution in [0, 0.1) is 10.1 Å². The summed E-state index contributed by atoms with van der Waals surface area (Å²) in [7, 11) is 0. The van der Waals surface area contributed by atoms with Gasteiger partial charge in [-0.3, -0.25) is 19.7 Å². The molecule has 0 saturated carbocycles. The third-order valence-corrected chi connectivity index (χ3v) is 7.35. The smallest absolute Gasteiger partial charge is 0.323 e. The number of benzene rings is 2. The van der Waals surface area contributed by atoms with E-state index in [2.05, 4.69) is 30.9 Å². The SMILES string of the molecule is CC(=O)N(CCNc1nc(NCCNC(C)C(=O)OC(C)(C)C)nc(SCc2ccc(Cl)cc2)n1)Cc1ccccc1[N+](=O)[O-]. The number of thioether (sulfide) groups is 1. The van der Waals surface area contributed by atoms with Crippen molar-refractivity contribution in [2.24, 2.45) is 0 Å². The molecule has 0 aliphatic heterocycles. The van der Waals surface area contributed by atoms with Crippen molar-refractivity contribution in [3.05, 3.63) is 74.8 Å². The summed E-state index contributed by atoms with van der Waals surface area (Å²) in [6.45, 7) is 10.1. The standard InChI is InChI=1S/C30H39ClN8O5S/c1-20(26(41)44-30(3,4)5)32-14-15-33-27-35-28(37-29(36-27)45-19-22-10-12-24(31)13-11-22)34-16-17-38(21(2)40)18-23-8-6-7-9-25(23)39(42)43/h6-13,20,32H,14-19H2,1-5H3,(H2,33,34,35,36,37). The maximum absolute atomic E-state index is 12.4. The molecule has 1 atom stereocenters. The molecule has 1 heterocycles. The molecule has 0 fully saturated rings. The largest absolute Gasteiger partial charge is 0.459 e. The average Bonchev–Trinajstić information content (AvgIpc) is 2.97. The Hall–Kier alpha value is -4.01. The van der Waals surface area contributed by atoms with Crippen LogP contribution in [0.15, 0.2) is 53.7 Å². The van der Waals surface area contributed by atoms with Crippen LogP contribution >= 0.6 is 23.4 Å². The van der Waals surface area contributed by atoms with E-state index in [9.17, 15) is 19.7 Å². The van der Waals surface area contributed by atoms with Crippen molar-refractivity contribution in [3.63, 3.8) is 0 Å². The van der Waals surface area contributed by atoms with E-state index in [1.54, 1.807) is 25.1 Å². The molecule has 3 rings (SSSR count). The van der Waals surface area contributed by atoms with Gasteiger partial charge in [0.05, 0.1) is 11.5 Å². The first-order valence-electron chi connectivity index (χ1n) is 14.4. The molecule has 0 aliphatic rings. The predicted octanol–water partition coefficient (Wildman–Crippen LogP) is 4.92. The van der Waals surface area contributed by atoms with Crippen LogP contribution in [-0.4, -0.2) is 74.5 Å². The van der Waals surface area contributed by atoms with Gasteiger partial charge in [0.1, 0.15) is 11.6 Å². The summed E-state index contributed by atoms with van der Waals surface area (Å²) in [4.78, 5) is 50.6. The van der Waals surface area contributed by atoms with E-state index in [4.69, 9.17) is 16.3 Å². The van der Waals surface area contributed by atoms with Crippen molar-refractivity contribution in [2.75, 3.05) is 36.8 Å². The maximum atomic E-state index is 12.4. The number of halogens is 1. The molecule has 0 aliphatic carbocycles. The van der Waals surface area contributed by atoms with Gasteiger partial charge in [-0.2, -0.15) is 15.0 Å². The predicted molar refractivity (Wildman–Crippen MR) is 175 cm³/mol. The number of hydrogen-bond donors (Lipinski definition) is 3. The first-order chi connectivity index (χ1) is 21.3. The van der Waals surface area contributed by atoms with Crippen molar-refractivity contribution in [2.45, 2.75) is 63.7 Å². The van der Waals surface area contributed by atoms with Gasteiger partial charge in [-0.15, -0.1) is 0 Å². The number of para-hydroxylation sites is 1. The summed E-state index contributed by atoms with van der Waals surface area (Å²) in [5, 5.41) is 22.0. The van der Waals surface area contributed by atoms with Crippen molar-refractivity contribution in [3.8, 4) is 0 Å². The summed E-state index contributed by atoms with van der Waals surface area (Å²) in [6.07, 6.45) is 0. The fourth-order valence-corrected chi connectivity index (χ4v) is 4.84. The number of esters is 1. The van der Waals surface area contributed by atoms with Crippen LogP contribution < -0.4 is 16.0 Å². The van der Waals surface area contributed by atoms with Gasteiger partial charge in [-0.25, -0.2) is 0 Å². The normalized spacial score (nSPS) is 11.9. The summed E-state index contributed by atoms with van der Waals surface area (Å²) in [6, 6.07) is 13.4. The number of anilines is 2. The lowest BCUT2D eigenvalue weighted by atomic mass is 10.1. The van der Waals surface area contributed by atoms with Gasteiger partial charge >= 0.3 is 5.97 Å². The summed E-state index contributed by atoms with van der Waals surface area (Å²) in [5.41, 5.74) is 0.879. The summed E-state index contributed by atoms with van der Waals surface area (Å²) < 4.78 is 5.41. The zero-order valence-corrected chi connectivity index (χ0v) is 27.6. The van der Waals surface area contributed by atoms with Crippen LogP contribution in [0.4, 0.5) is 17.6 Å². The quantitative estimate of drug-likeness (QED) is 0.0627. The van der Waals surface area contributed by atoms with E-state index in [0.29, 0.717) is 53.0 Å². The minimum absolute atomic E-state index is 0.0396. The van der Waals surface area contributed by atoms with E-state index in [0.717, 1.165) is 5.56 Å². The molecule has 1 unspecified atom stereocenters. The maximum Gasteiger partial charge on any atom is 0.323 e. The van der Waals surface area contributed by atoms with E-state index >= 15 is 0 Å². The number of amides is 1. The Labute approximate surface area is 272 Å². The van der Waals surface area contributed by atoms with Crippen LogP contribution in [0.3, 0.4) is 0 Å². The minimum Gasteiger partial charge on any atom is -0.459 e. The van der Waals surface area contributed by atoms with Crippen LogP contribution in [0.5, 0.6) is 0 Å². The number of rotatable bonds is 16. The van der Waals surface area contributed by atoms with Crippen molar-refractivity contribution < 1.29 is 19.2 Å². The third kappa shape index (κ3) is 12.5. The number of aromatic nitrogens is 3. The molecule has 0 bridgehead atoms. The molecule has 242 valence electrons. The molecule has 15 heteroatoms. The van der Waals surface area contributed by atoms with Crippen LogP contribution in [0.25, 0.3) is 0 Å². The molecular weight excluding hydrogens is 620 g/mol. The number of ether oxygens (including phenoxy) is 1. The van der Waals surface area contributed by atoms with Crippen LogP contribution in [0.1, 0.15) is 45.7 Å². The van der Waals surface area contributed by atoms with E-state index in [1.807, 2.05) is 45.0 Å². The molecule has 45 heavy (non-hydrogen) atoms. The number of carbonyl (C=O) groups excluding carboxylic acids is 2. The van der Waals surface area contributed by atoms with E-state index < -0.39 is 16.6 Å². The highest BCUT2D eigenvalue weighted by Gasteiger charge is 2.21. The first-order valence-corrected chi connectivity index (χ1v) is 15.7.